The minimum absolute atomic E-state index is 0.0567. The number of nitrogens with zero attached hydrogens (tertiary/aromatic N) is 1. The number of carbonyl (C=O) groups is 2. The number of nitrogens with one attached hydrogen (secondary N) is 1. The second-order valence-corrected chi connectivity index (χ2v) is 5.93. The lowest BCUT2D eigenvalue weighted by molar-refractivity contribution is -0.384. The highest BCUT2D eigenvalue weighted by atomic mass is 16.6. The van der Waals surface area contributed by atoms with Crippen LogP contribution >= 0.6 is 0 Å². The number of hydrogen-bond donors (Lipinski definition) is 2. The summed E-state index contributed by atoms with van der Waals surface area (Å²) < 4.78 is 5.44. The molecule has 0 aliphatic rings. The van der Waals surface area contributed by atoms with E-state index < -0.39 is 10.9 Å². The van der Waals surface area contributed by atoms with E-state index in [0.29, 0.717) is 24.3 Å². The molecule has 0 atom stereocenters. The second kappa shape index (κ2) is 9.33. The molecule has 0 aromatic heterocycles. The molecule has 142 valence electrons. The fraction of sp³-hybridized carbons (Fsp3) is 0.263. The van der Waals surface area contributed by atoms with Crippen molar-refractivity contribution in [3.63, 3.8) is 0 Å². The van der Waals surface area contributed by atoms with Gasteiger partial charge in [-0.15, -0.1) is 0 Å². The molecule has 0 aliphatic heterocycles. The number of carbonyl (C=O) groups excluding carboxylic acids is 1. The molecule has 0 heterocycles. The highest BCUT2D eigenvalue weighted by Crippen LogP contribution is 2.18. The number of carboxylic acids is 1. The third kappa shape index (κ3) is 6.10. The van der Waals surface area contributed by atoms with Crippen LogP contribution in [0.5, 0.6) is 5.75 Å². The first-order valence-electron chi connectivity index (χ1n) is 8.33. The molecule has 8 heteroatoms. The van der Waals surface area contributed by atoms with Gasteiger partial charge < -0.3 is 15.2 Å². The Morgan fingerprint density at radius 1 is 1.19 bits per heavy atom. The monoisotopic (exact) mass is 372 g/mol. The molecule has 0 saturated carbocycles. The van der Waals surface area contributed by atoms with E-state index in [1.54, 1.807) is 37.3 Å². The SMILES string of the molecule is Cc1ccc([N+](=O)[O-])cc1C(=O)NCc1ccc(OCCCC(=O)O)cc1. The van der Waals surface area contributed by atoms with Gasteiger partial charge in [0.15, 0.2) is 0 Å². The summed E-state index contributed by atoms with van der Waals surface area (Å²) in [7, 11) is 0. The van der Waals surface area contributed by atoms with Crippen LogP contribution in [0.3, 0.4) is 0 Å². The molecular formula is C19H20N2O6. The van der Waals surface area contributed by atoms with Crippen LogP contribution in [-0.2, 0) is 11.3 Å². The average molecular weight is 372 g/mol. The molecule has 0 saturated heterocycles. The number of nitro groups is 1. The predicted octanol–water partition coefficient (Wildman–Crippen LogP) is 3.08. The summed E-state index contributed by atoms with van der Waals surface area (Å²) in [6.07, 6.45) is 0.483. The minimum atomic E-state index is -0.858. The first kappa shape index (κ1) is 19.9. The van der Waals surface area contributed by atoms with Crippen molar-refractivity contribution in [2.24, 2.45) is 0 Å². The average Bonchev–Trinajstić information content (AvgIpc) is 2.64. The van der Waals surface area contributed by atoms with Crippen molar-refractivity contribution in [1.82, 2.24) is 5.32 Å². The molecule has 2 aromatic carbocycles. The van der Waals surface area contributed by atoms with Crippen molar-refractivity contribution >= 4 is 17.6 Å². The molecule has 8 nitrogen and oxygen atoms in total. The van der Waals surface area contributed by atoms with Gasteiger partial charge in [0.05, 0.1) is 11.5 Å². The third-order valence-corrected chi connectivity index (χ3v) is 3.86. The Morgan fingerprint density at radius 3 is 2.52 bits per heavy atom. The first-order chi connectivity index (χ1) is 12.9. The van der Waals surface area contributed by atoms with Crippen LogP contribution < -0.4 is 10.1 Å². The number of rotatable bonds is 9. The summed E-state index contributed by atoms with van der Waals surface area (Å²) in [4.78, 5) is 33.1. The molecular weight excluding hydrogens is 352 g/mol. The van der Waals surface area contributed by atoms with Crippen LogP contribution in [0.2, 0.25) is 0 Å². The van der Waals surface area contributed by atoms with Crippen LogP contribution in [0.1, 0.15) is 34.3 Å². The van der Waals surface area contributed by atoms with E-state index in [1.807, 2.05) is 0 Å². The highest BCUT2D eigenvalue weighted by Gasteiger charge is 2.14. The summed E-state index contributed by atoms with van der Waals surface area (Å²) in [6.45, 7) is 2.30. The number of amides is 1. The number of non-ortho nitro benzene ring substituents is 1. The zero-order chi connectivity index (χ0) is 19.8. The first-order valence-corrected chi connectivity index (χ1v) is 8.33. The van der Waals surface area contributed by atoms with E-state index in [0.717, 1.165) is 5.56 Å². The summed E-state index contributed by atoms with van der Waals surface area (Å²) in [5.41, 5.74) is 1.63. The Bertz CT molecular complexity index is 833. The number of aliphatic carboxylic acids is 1. The Labute approximate surface area is 155 Å². The van der Waals surface area contributed by atoms with Crippen LogP contribution in [0.15, 0.2) is 42.5 Å². The Balaban J connectivity index is 1.89. The predicted molar refractivity (Wildman–Crippen MR) is 97.8 cm³/mol. The molecule has 0 bridgehead atoms. The molecule has 0 radical (unpaired) electrons. The van der Waals surface area contributed by atoms with Gasteiger partial charge in [0.25, 0.3) is 11.6 Å². The molecule has 0 unspecified atom stereocenters. The summed E-state index contributed by atoms with van der Waals surface area (Å²) in [5, 5.41) is 22.2. The summed E-state index contributed by atoms with van der Waals surface area (Å²) >= 11 is 0. The van der Waals surface area contributed by atoms with Crippen LogP contribution in [-0.4, -0.2) is 28.5 Å². The van der Waals surface area contributed by atoms with Crippen molar-refractivity contribution in [3.8, 4) is 5.75 Å². The molecule has 2 aromatic rings. The van der Waals surface area contributed by atoms with E-state index in [-0.39, 0.29) is 30.1 Å². The number of ether oxygens (including phenoxy) is 1. The molecule has 2 N–H and O–H groups in total. The van der Waals surface area contributed by atoms with Gasteiger partial charge in [0.1, 0.15) is 5.75 Å². The Kier molecular flexibility index (Phi) is 6.87. The quantitative estimate of drug-likeness (QED) is 0.397. The van der Waals surface area contributed by atoms with Crippen molar-refractivity contribution in [2.45, 2.75) is 26.3 Å². The van der Waals surface area contributed by atoms with Gasteiger partial charge in [-0.25, -0.2) is 0 Å². The Hall–Kier alpha value is -3.42. The van der Waals surface area contributed by atoms with E-state index >= 15 is 0 Å². The minimum Gasteiger partial charge on any atom is -0.494 e. The number of benzene rings is 2. The third-order valence-electron chi connectivity index (χ3n) is 3.86. The number of carboxylic acid groups (broad SMARTS) is 1. The molecule has 2 rings (SSSR count). The molecule has 0 aliphatic carbocycles. The zero-order valence-corrected chi connectivity index (χ0v) is 14.8. The second-order valence-electron chi connectivity index (χ2n) is 5.93. The summed E-state index contributed by atoms with van der Waals surface area (Å²) in [6, 6.07) is 11.2. The van der Waals surface area contributed by atoms with Gasteiger partial charge in [0, 0.05) is 30.7 Å². The van der Waals surface area contributed by atoms with Crippen molar-refractivity contribution in [2.75, 3.05) is 6.61 Å². The fourth-order valence-electron chi connectivity index (χ4n) is 2.36. The van der Waals surface area contributed by atoms with Crippen LogP contribution in [0.25, 0.3) is 0 Å². The maximum atomic E-state index is 12.3. The molecule has 1 amide bonds. The molecule has 0 fully saturated rings. The lowest BCUT2D eigenvalue weighted by Gasteiger charge is -2.09. The summed E-state index contributed by atoms with van der Waals surface area (Å²) in [5.74, 6) is -0.626. The number of hydrogen-bond acceptors (Lipinski definition) is 5. The highest BCUT2D eigenvalue weighted by molar-refractivity contribution is 5.96. The van der Waals surface area contributed by atoms with Gasteiger partial charge in [-0.1, -0.05) is 18.2 Å². The lowest BCUT2D eigenvalue weighted by Crippen LogP contribution is -2.23. The van der Waals surface area contributed by atoms with Gasteiger partial charge in [-0.2, -0.15) is 0 Å². The standard InChI is InChI=1S/C19H20N2O6/c1-13-4-7-15(21(25)26)11-17(13)19(24)20-12-14-5-8-16(9-6-14)27-10-2-3-18(22)23/h4-9,11H,2-3,10,12H2,1H3,(H,20,24)(H,22,23). The van der Waals surface area contributed by atoms with E-state index in [4.69, 9.17) is 9.84 Å². The van der Waals surface area contributed by atoms with Gasteiger partial charge in [-0.05, 0) is 36.6 Å². The number of aryl methyl sites for hydroxylation is 1. The van der Waals surface area contributed by atoms with E-state index in [2.05, 4.69) is 5.32 Å². The maximum Gasteiger partial charge on any atom is 0.303 e. The van der Waals surface area contributed by atoms with Crippen molar-refractivity contribution in [1.29, 1.82) is 0 Å². The molecule has 27 heavy (non-hydrogen) atoms. The zero-order valence-electron chi connectivity index (χ0n) is 14.8. The van der Waals surface area contributed by atoms with Crippen LogP contribution in [0.4, 0.5) is 5.69 Å². The fourth-order valence-corrected chi connectivity index (χ4v) is 2.36. The smallest absolute Gasteiger partial charge is 0.303 e. The largest absolute Gasteiger partial charge is 0.494 e. The van der Waals surface area contributed by atoms with E-state index in [9.17, 15) is 19.7 Å². The Morgan fingerprint density at radius 2 is 1.89 bits per heavy atom. The molecule has 0 spiro atoms. The topological polar surface area (TPSA) is 119 Å². The van der Waals surface area contributed by atoms with Crippen molar-refractivity contribution in [3.05, 3.63) is 69.3 Å². The van der Waals surface area contributed by atoms with E-state index in [1.165, 1.54) is 12.1 Å². The van der Waals surface area contributed by atoms with Crippen LogP contribution in [0, 0.1) is 17.0 Å². The maximum absolute atomic E-state index is 12.3. The van der Waals surface area contributed by atoms with Gasteiger partial charge in [-0.3, -0.25) is 19.7 Å². The number of nitro benzene ring substituents is 1. The lowest BCUT2D eigenvalue weighted by atomic mass is 10.1. The van der Waals surface area contributed by atoms with Gasteiger partial charge >= 0.3 is 5.97 Å². The van der Waals surface area contributed by atoms with Crippen molar-refractivity contribution < 1.29 is 24.4 Å². The normalized spacial score (nSPS) is 10.3. The van der Waals surface area contributed by atoms with Gasteiger partial charge in [0.2, 0.25) is 0 Å².